The van der Waals surface area contributed by atoms with E-state index in [4.69, 9.17) is 22.3 Å². The van der Waals surface area contributed by atoms with Gasteiger partial charge < -0.3 is 4.74 Å². The summed E-state index contributed by atoms with van der Waals surface area (Å²) in [4.78, 5) is 1.18. The topological polar surface area (TPSA) is 56.3 Å². The van der Waals surface area contributed by atoms with Crippen molar-refractivity contribution >= 4 is 31.3 Å². The van der Waals surface area contributed by atoms with E-state index in [-0.39, 0.29) is 6.07 Å². The molecule has 0 aliphatic heterocycles. The van der Waals surface area contributed by atoms with E-state index in [0.717, 1.165) is 0 Å². The van der Waals surface area contributed by atoms with Gasteiger partial charge in [-0.25, -0.2) is 13.4 Å². The highest BCUT2D eigenvalue weighted by molar-refractivity contribution is 8.13. The number of alkyl halides is 7. The number of halogens is 8. The summed E-state index contributed by atoms with van der Waals surface area (Å²) in [5, 5.41) is 0. The summed E-state index contributed by atoms with van der Waals surface area (Å²) < 4.78 is 99.7. The smallest absolute Gasteiger partial charge is 0.386 e. The van der Waals surface area contributed by atoms with Crippen LogP contribution in [0.3, 0.4) is 0 Å². The van der Waals surface area contributed by atoms with E-state index in [9.17, 15) is 34.8 Å². The van der Waals surface area contributed by atoms with E-state index >= 15 is 0 Å². The van der Waals surface area contributed by atoms with Crippen molar-refractivity contribution in [2.45, 2.75) is 23.3 Å². The summed E-state index contributed by atoms with van der Waals surface area (Å²) in [7, 11) is 0.00668. The number of rotatable bonds is 3. The van der Waals surface area contributed by atoms with Crippen LogP contribution in [0.15, 0.2) is 11.0 Å². The normalized spacial score (nSPS) is 13.3. The van der Waals surface area contributed by atoms with Gasteiger partial charge in [0.25, 0.3) is 9.05 Å². The van der Waals surface area contributed by atoms with Gasteiger partial charge in [-0.15, -0.1) is 24.8 Å². The molecule has 1 heterocycles. The van der Waals surface area contributed by atoms with Crippen LogP contribution in [0.25, 0.3) is 0 Å². The van der Waals surface area contributed by atoms with Crippen LogP contribution in [0.5, 0.6) is 5.88 Å². The molecule has 1 rings (SSSR count). The zero-order chi connectivity index (χ0) is 16.6. The first-order valence-corrected chi connectivity index (χ1v) is 7.47. The van der Waals surface area contributed by atoms with Crippen molar-refractivity contribution in [2.24, 2.45) is 0 Å². The molecule has 0 amide bonds. The molecule has 1 aromatic rings. The van der Waals surface area contributed by atoms with E-state index in [1.165, 1.54) is 0 Å². The Labute approximate surface area is 123 Å². The number of ether oxygens (including phenoxy) is 1. The van der Waals surface area contributed by atoms with Crippen molar-refractivity contribution in [2.75, 3.05) is 0 Å². The molecule has 21 heavy (non-hydrogen) atoms. The summed E-state index contributed by atoms with van der Waals surface area (Å²) >= 11 is 5.20. The molecule has 13 heteroatoms. The average molecular weight is 378 g/mol. The van der Waals surface area contributed by atoms with Crippen molar-refractivity contribution in [1.29, 1.82) is 0 Å². The van der Waals surface area contributed by atoms with Gasteiger partial charge in [0.2, 0.25) is 5.88 Å². The molecule has 0 unspecified atom stereocenters. The molecule has 120 valence electrons. The minimum Gasteiger partial charge on any atom is -0.386 e. The molecule has 0 saturated heterocycles. The molecule has 0 aliphatic rings. The second-order valence-corrected chi connectivity index (χ2v) is 6.22. The largest absolute Gasteiger partial charge is 0.574 e. The highest BCUT2D eigenvalue weighted by atomic mass is 35.7. The lowest BCUT2D eigenvalue weighted by molar-refractivity contribution is -0.277. The van der Waals surface area contributed by atoms with Crippen molar-refractivity contribution in [3.8, 4) is 5.88 Å². The van der Waals surface area contributed by atoms with Crippen LogP contribution >= 0.6 is 22.3 Å². The van der Waals surface area contributed by atoms with Gasteiger partial charge in [0.05, 0.1) is 0 Å². The van der Waals surface area contributed by atoms with E-state index in [0.29, 0.717) is 0 Å². The predicted octanol–water partition coefficient (Wildman–Crippen LogP) is 3.67. The minimum atomic E-state index is -5.46. The number of hydrogen-bond donors (Lipinski definition) is 0. The van der Waals surface area contributed by atoms with Crippen molar-refractivity contribution < 1.29 is 39.5 Å². The molecular weight excluding hydrogens is 375 g/mol. The van der Waals surface area contributed by atoms with Crippen LogP contribution in [0.2, 0.25) is 0 Å². The Morgan fingerprint density at radius 1 is 1.19 bits per heavy atom. The Kier molecular flexibility index (Phi) is 4.91. The van der Waals surface area contributed by atoms with Crippen LogP contribution < -0.4 is 4.74 Å². The molecule has 1 aromatic heterocycles. The van der Waals surface area contributed by atoms with Gasteiger partial charge in [-0.1, -0.05) is 0 Å². The van der Waals surface area contributed by atoms with Gasteiger partial charge in [0.1, 0.15) is 4.90 Å². The fraction of sp³-hybridized carbons (Fsp3) is 0.375. The maximum atomic E-state index is 12.6. The second-order valence-electron chi connectivity index (χ2n) is 3.42. The molecule has 0 spiro atoms. The Morgan fingerprint density at radius 3 is 2.05 bits per heavy atom. The van der Waals surface area contributed by atoms with Crippen LogP contribution in [-0.4, -0.2) is 19.8 Å². The Balaban J connectivity index is 3.66. The summed E-state index contributed by atoms with van der Waals surface area (Å²) in [6, 6.07) is 0.228. The lowest BCUT2D eigenvalue weighted by Crippen LogP contribution is -2.22. The van der Waals surface area contributed by atoms with Crippen LogP contribution in [0.1, 0.15) is 11.3 Å². The van der Waals surface area contributed by atoms with Gasteiger partial charge in [-0.05, 0) is 11.6 Å². The maximum absolute atomic E-state index is 12.6. The van der Waals surface area contributed by atoms with E-state index in [1.54, 1.807) is 0 Å². The Hall–Kier alpha value is -0.940. The average Bonchev–Trinajstić information content (AvgIpc) is 2.23. The van der Waals surface area contributed by atoms with Gasteiger partial charge in [-0.2, -0.15) is 13.2 Å². The number of aromatic nitrogens is 1. The summed E-state index contributed by atoms with van der Waals surface area (Å²) in [6.45, 7) is 0. The number of pyridine rings is 1. The third kappa shape index (κ3) is 4.78. The molecule has 0 bridgehead atoms. The third-order valence-corrected chi connectivity index (χ3v) is 3.53. The number of hydrogen-bond acceptors (Lipinski definition) is 4. The van der Waals surface area contributed by atoms with Crippen LogP contribution in [-0.2, 0) is 21.1 Å². The molecule has 0 fully saturated rings. The fourth-order valence-corrected chi connectivity index (χ4v) is 2.34. The van der Waals surface area contributed by atoms with Gasteiger partial charge in [-0.3, -0.25) is 0 Å². The zero-order valence-electron chi connectivity index (χ0n) is 9.39. The minimum absolute atomic E-state index is 0.228. The van der Waals surface area contributed by atoms with E-state index in [2.05, 4.69) is 9.72 Å². The van der Waals surface area contributed by atoms with Gasteiger partial charge in [0.15, 0.2) is 5.69 Å². The molecular formula is C8H3Cl2F6NO3S. The molecule has 0 aliphatic carbocycles. The van der Waals surface area contributed by atoms with Gasteiger partial charge in [0, 0.05) is 16.6 Å². The maximum Gasteiger partial charge on any atom is 0.574 e. The first-order chi connectivity index (χ1) is 9.25. The van der Waals surface area contributed by atoms with Crippen molar-refractivity contribution in [3.63, 3.8) is 0 Å². The Morgan fingerprint density at radius 2 is 1.71 bits per heavy atom. The monoisotopic (exact) mass is 377 g/mol. The van der Waals surface area contributed by atoms with Crippen molar-refractivity contribution in [1.82, 2.24) is 4.98 Å². The lowest BCUT2D eigenvalue weighted by atomic mass is 10.2. The van der Waals surface area contributed by atoms with Gasteiger partial charge >= 0.3 is 12.5 Å². The lowest BCUT2D eigenvalue weighted by Gasteiger charge is -2.15. The third-order valence-electron chi connectivity index (χ3n) is 1.92. The van der Waals surface area contributed by atoms with Crippen LogP contribution in [0, 0.1) is 0 Å². The Bertz CT molecular complexity index is 643. The molecule has 0 N–H and O–H groups in total. The first-order valence-electron chi connectivity index (χ1n) is 4.63. The molecule has 4 nitrogen and oxygen atoms in total. The summed E-state index contributed by atoms with van der Waals surface area (Å²) in [5.41, 5.74) is -2.67. The molecule has 0 atom stereocenters. The van der Waals surface area contributed by atoms with E-state index < -0.39 is 49.5 Å². The standard InChI is InChI=1S/C8H3Cl2F6NO3S/c9-2-3-1-4(21(10,18)19)6(20-8(14,15)16)17-5(3)7(11,12)13/h1H,2H2. The quantitative estimate of drug-likeness (QED) is 0.458. The molecule has 0 aromatic carbocycles. The summed E-state index contributed by atoms with van der Waals surface area (Å²) in [6.07, 6.45) is -10.6. The number of nitrogens with zero attached hydrogens (tertiary/aromatic N) is 1. The van der Waals surface area contributed by atoms with E-state index in [1.807, 2.05) is 0 Å². The SMILES string of the molecule is O=S(=O)(Cl)c1cc(CCl)c(C(F)(F)F)nc1OC(F)(F)F. The highest BCUT2D eigenvalue weighted by Crippen LogP contribution is 2.38. The molecule has 0 radical (unpaired) electrons. The van der Waals surface area contributed by atoms with Crippen molar-refractivity contribution in [3.05, 3.63) is 17.3 Å². The zero-order valence-corrected chi connectivity index (χ0v) is 11.7. The molecule has 0 saturated carbocycles. The van der Waals surface area contributed by atoms with Crippen LogP contribution in [0.4, 0.5) is 26.3 Å². The second kappa shape index (κ2) is 5.69. The fourth-order valence-electron chi connectivity index (χ4n) is 1.22. The summed E-state index contributed by atoms with van der Waals surface area (Å²) in [5.74, 6) is -2.69. The highest BCUT2D eigenvalue weighted by Gasteiger charge is 2.40. The predicted molar refractivity (Wildman–Crippen MR) is 58.5 cm³/mol. The first kappa shape index (κ1) is 18.1.